The first-order chi connectivity index (χ1) is 11.8. The molecule has 0 aliphatic carbocycles. The molecule has 0 radical (unpaired) electrons. The van der Waals surface area contributed by atoms with Crippen LogP contribution in [0.25, 0.3) is 0 Å². The first kappa shape index (κ1) is 18.9. The number of amides is 1. The van der Waals surface area contributed by atoms with Gasteiger partial charge in [-0.2, -0.15) is 0 Å². The zero-order chi connectivity index (χ0) is 18.6. The van der Waals surface area contributed by atoms with E-state index in [-0.39, 0.29) is 28.7 Å². The summed E-state index contributed by atoms with van der Waals surface area (Å²) in [7, 11) is 1.61. The molecule has 1 atom stereocenters. The molecule has 1 amide bonds. The normalized spacial score (nSPS) is 11.8. The van der Waals surface area contributed by atoms with Gasteiger partial charge in [0.1, 0.15) is 5.75 Å². The maximum Gasteiger partial charge on any atom is 0.255 e. The highest BCUT2D eigenvalue weighted by Crippen LogP contribution is 2.26. The van der Waals surface area contributed by atoms with Crippen molar-refractivity contribution < 1.29 is 9.53 Å². The number of rotatable bonds is 6. The first-order valence-corrected chi connectivity index (χ1v) is 8.48. The van der Waals surface area contributed by atoms with Gasteiger partial charge in [-0.25, -0.2) is 0 Å². The number of carbonyl (C=O) groups excluding carboxylic acids is 1. The molecule has 0 aliphatic rings. The minimum atomic E-state index is -0.248. The van der Waals surface area contributed by atoms with Crippen molar-refractivity contribution in [1.82, 2.24) is 15.3 Å². The second kappa shape index (κ2) is 8.11. The summed E-state index contributed by atoms with van der Waals surface area (Å²) in [5.74, 6) is 0.610. The lowest BCUT2D eigenvalue weighted by molar-refractivity contribution is -0.121. The Morgan fingerprint density at radius 3 is 2.68 bits per heavy atom. The fraction of sp³-hybridized carbons (Fsp3) is 0.389. The first-order valence-electron chi connectivity index (χ1n) is 8.07. The van der Waals surface area contributed by atoms with Gasteiger partial charge >= 0.3 is 0 Å². The van der Waals surface area contributed by atoms with E-state index in [0.717, 1.165) is 16.9 Å². The highest BCUT2D eigenvalue weighted by atomic mass is 32.1. The second-order valence-corrected chi connectivity index (χ2v) is 6.45. The maximum atomic E-state index is 12.3. The Hall–Kier alpha value is -2.41. The number of aromatic nitrogens is 2. The van der Waals surface area contributed by atoms with Crippen molar-refractivity contribution in [3.63, 3.8) is 0 Å². The van der Waals surface area contributed by atoms with Crippen LogP contribution in [-0.4, -0.2) is 23.0 Å². The third kappa shape index (κ3) is 4.79. The van der Waals surface area contributed by atoms with Crippen LogP contribution >= 0.6 is 12.2 Å². The number of hydrogen-bond donors (Lipinski definition) is 3. The van der Waals surface area contributed by atoms with Crippen LogP contribution in [0.5, 0.6) is 5.75 Å². The highest BCUT2D eigenvalue weighted by Gasteiger charge is 2.15. The molecule has 0 saturated carbocycles. The second-order valence-electron chi connectivity index (χ2n) is 6.05. The number of benzene rings is 1. The van der Waals surface area contributed by atoms with Crippen LogP contribution in [0, 0.1) is 18.6 Å². The van der Waals surface area contributed by atoms with Crippen LogP contribution in [0.3, 0.4) is 0 Å². The molecule has 0 bridgehead atoms. The van der Waals surface area contributed by atoms with E-state index in [1.165, 1.54) is 0 Å². The molecule has 0 unspecified atom stereocenters. The van der Waals surface area contributed by atoms with Crippen molar-refractivity contribution in [3.05, 3.63) is 55.7 Å². The number of hydrogen-bond acceptors (Lipinski definition) is 4. The van der Waals surface area contributed by atoms with E-state index in [1.807, 2.05) is 32.0 Å². The summed E-state index contributed by atoms with van der Waals surface area (Å²) in [6, 6.07) is 5.66. The highest BCUT2D eigenvalue weighted by molar-refractivity contribution is 7.71. The van der Waals surface area contributed by atoms with E-state index in [4.69, 9.17) is 17.0 Å². The lowest BCUT2D eigenvalue weighted by Crippen LogP contribution is -2.28. The average Bonchev–Trinajstić information content (AvgIpc) is 2.53. The molecule has 0 fully saturated rings. The third-order valence-electron chi connectivity index (χ3n) is 4.09. The maximum absolute atomic E-state index is 12.3. The SMILES string of the molecule is COc1ccc(C)cc1[C@H](C)NC(=O)CCc1c(C)[nH]c(=S)[nH]c1=O. The van der Waals surface area contributed by atoms with Gasteiger partial charge in [0, 0.05) is 23.2 Å². The molecule has 6 nitrogen and oxygen atoms in total. The van der Waals surface area contributed by atoms with Gasteiger partial charge in [0.25, 0.3) is 5.56 Å². The smallest absolute Gasteiger partial charge is 0.255 e. The Morgan fingerprint density at radius 2 is 2.04 bits per heavy atom. The lowest BCUT2D eigenvalue weighted by Gasteiger charge is -2.18. The van der Waals surface area contributed by atoms with Crippen LogP contribution in [-0.2, 0) is 11.2 Å². The zero-order valence-corrected chi connectivity index (χ0v) is 15.7. The number of aromatic amines is 2. The molecule has 1 aromatic heterocycles. The zero-order valence-electron chi connectivity index (χ0n) is 14.9. The molecule has 25 heavy (non-hydrogen) atoms. The van der Waals surface area contributed by atoms with Crippen molar-refractivity contribution in [3.8, 4) is 5.75 Å². The van der Waals surface area contributed by atoms with E-state index in [0.29, 0.717) is 17.7 Å². The quantitative estimate of drug-likeness (QED) is 0.691. The molecular formula is C18H23N3O3S. The largest absolute Gasteiger partial charge is 0.496 e. The van der Waals surface area contributed by atoms with Crippen molar-refractivity contribution in [2.45, 2.75) is 39.7 Å². The number of methoxy groups -OCH3 is 1. The summed E-state index contributed by atoms with van der Waals surface area (Å²) >= 11 is 4.93. The fourth-order valence-electron chi connectivity index (χ4n) is 2.75. The van der Waals surface area contributed by atoms with Crippen LogP contribution < -0.4 is 15.6 Å². The van der Waals surface area contributed by atoms with Crippen molar-refractivity contribution in [1.29, 1.82) is 0 Å². The predicted octanol–water partition coefficient (Wildman–Crippen LogP) is 2.87. The molecule has 2 rings (SSSR count). The van der Waals surface area contributed by atoms with Gasteiger partial charge in [0.15, 0.2) is 4.77 Å². The Morgan fingerprint density at radius 1 is 1.32 bits per heavy atom. The average molecular weight is 361 g/mol. The molecule has 0 saturated heterocycles. The standard InChI is InChI=1S/C18H23N3O3S/c1-10-5-7-15(24-4)14(9-10)12(3)19-16(22)8-6-13-11(2)20-18(25)21-17(13)23/h5,7,9,12H,6,8H2,1-4H3,(H,19,22)(H2,20,21,23,25)/t12-/m0/s1. The van der Waals surface area contributed by atoms with Crippen LogP contribution in [0.1, 0.15) is 41.8 Å². The number of H-pyrrole nitrogens is 2. The summed E-state index contributed by atoms with van der Waals surface area (Å²) < 4.78 is 5.65. The summed E-state index contributed by atoms with van der Waals surface area (Å²) in [6.07, 6.45) is 0.559. The van der Waals surface area contributed by atoms with Crippen LogP contribution in [0.2, 0.25) is 0 Å². The third-order valence-corrected chi connectivity index (χ3v) is 4.29. The van der Waals surface area contributed by atoms with Gasteiger partial charge in [0.2, 0.25) is 5.91 Å². The van der Waals surface area contributed by atoms with E-state index >= 15 is 0 Å². The monoisotopic (exact) mass is 361 g/mol. The molecule has 0 aliphatic heterocycles. The van der Waals surface area contributed by atoms with Crippen LogP contribution in [0.4, 0.5) is 0 Å². The molecular weight excluding hydrogens is 338 g/mol. The Kier molecular flexibility index (Phi) is 6.14. The number of carbonyl (C=O) groups is 1. The minimum Gasteiger partial charge on any atom is -0.496 e. The predicted molar refractivity (Wildman–Crippen MR) is 99.6 cm³/mol. The Labute approximate surface area is 151 Å². The van der Waals surface area contributed by atoms with Crippen molar-refractivity contribution in [2.24, 2.45) is 0 Å². The molecule has 1 heterocycles. The molecule has 2 aromatic rings. The van der Waals surface area contributed by atoms with E-state index < -0.39 is 0 Å². The fourth-order valence-corrected chi connectivity index (χ4v) is 2.99. The summed E-state index contributed by atoms with van der Waals surface area (Å²) in [6.45, 7) is 5.68. The molecule has 7 heteroatoms. The van der Waals surface area contributed by atoms with Gasteiger partial charge < -0.3 is 15.0 Å². The Balaban J connectivity index is 2.05. The topological polar surface area (TPSA) is 87.0 Å². The summed E-state index contributed by atoms with van der Waals surface area (Å²) in [5.41, 5.74) is 3.01. The molecule has 1 aromatic carbocycles. The molecule has 0 spiro atoms. The van der Waals surface area contributed by atoms with Crippen LogP contribution in [0.15, 0.2) is 23.0 Å². The van der Waals surface area contributed by atoms with E-state index in [1.54, 1.807) is 14.0 Å². The van der Waals surface area contributed by atoms with Gasteiger partial charge in [0.05, 0.1) is 13.2 Å². The summed E-state index contributed by atoms with van der Waals surface area (Å²) in [4.78, 5) is 29.7. The van der Waals surface area contributed by atoms with E-state index in [9.17, 15) is 9.59 Å². The number of nitrogens with one attached hydrogen (secondary N) is 3. The van der Waals surface area contributed by atoms with Gasteiger partial charge in [-0.3, -0.25) is 14.6 Å². The van der Waals surface area contributed by atoms with Gasteiger partial charge in [-0.15, -0.1) is 0 Å². The summed E-state index contributed by atoms with van der Waals surface area (Å²) in [5, 5.41) is 2.96. The van der Waals surface area contributed by atoms with Gasteiger partial charge in [-0.1, -0.05) is 17.7 Å². The molecule has 134 valence electrons. The minimum absolute atomic E-state index is 0.127. The number of aryl methyl sites for hydroxylation is 2. The van der Waals surface area contributed by atoms with Crippen molar-refractivity contribution in [2.75, 3.05) is 7.11 Å². The molecule has 3 N–H and O–H groups in total. The lowest BCUT2D eigenvalue weighted by atomic mass is 10.0. The van der Waals surface area contributed by atoms with Crippen molar-refractivity contribution >= 4 is 18.1 Å². The number of ether oxygens (including phenoxy) is 1. The van der Waals surface area contributed by atoms with Gasteiger partial charge in [-0.05, 0) is 45.5 Å². The van der Waals surface area contributed by atoms with E-state index in [2.05, 4.69) is 15.3 Å². The Bertz CT molecular complexity index is 886.